The number of para-hydroxylation sites is 5. The largest absolute Gasteiger partial charge is 0.454 e. The predicted molar refractivity (Wildman–Crippen MR) is 264 cm³/mol. The van der Waals surface area contributed by atoms with Gasteiger partial charge in [0.05, 0.1) is 22.7 Å². The first-order valence-corrected chi connectivity index (χ1v) is 21.7. The Labute approximate surface area is 371 Å². The van der Waals surface area contributed by atoms with Gasteiger partial charge in [0.25, 0.3) is 0 Å². The van der Waals surface area contributed by atoms with Crippen molar-refractivity contribution in [1.82, 2.24) is 0 Å². The van der Waals surface area contributed by atoms with E-state index in [1.54, 1.807) is 0 Å². The fourth-order valence-electron chi connectivity index (χ4n) is 9.66. The molecule has 1 aliphatic rings. The van der Waals surface area contributed by atoms with E-state index >= 15 is 0 Å². The van der Waals surface area contributed by atoms with Crippen LogP contribution >= 0.6 is 0 Å². The van der Waals surface area contributed by atoms with Crippen LogP contribution in [0.1, 0.15) is 22.3 Å². The van der Waals surface area contributed by atoms with E-state index in [4.69, 9.17) is 13.6 Å². The number of hydrogen-bond acceptors (Lipinski definition) is 6. The summed E-state index contributed by atoms with van der Waals surface area (Å²) in [4.78, 5) is 6.97. The smallest absolute Gasteiger partial charge is 0.159 e. The Bertz CT molecular complexity index is 3400. The summed E-state index contributed by atoms with van der Waals surface area (Å²) in [6.45, 7) is 8.63. The molecule has 0 spiro atoms. The van der Waals surface area contributed by atoms with Crippen LogP contribution in [0.5, 0.6) is 11.5 Å². The number of hydrogen-bond donors (Lipinski definition) is 0. The third-order valence-corrected chi connectivity index (χ3v) is 12.6. The number of benzene rings is 9. The van der Waals surface area contributed by atoms with Crippen LogP contribution in [0, 0.1) is 27.7 Å². The number of ether oxygens (including phenoxy) is 1. The molecule has 11 aromatic rings. The summed E-state index contributed by atoms with van der Waals surface area (Å²) < 4.78 is 20.3. The molecule has 308 valence electrons. The topological polar surface area (TPSA) is 45.2 Å². The molecule has 0 fully saturated rings. The number of nitrogens with zero attached hydrogens (tertiary/aromatic N) is 3. The molecule has 0 saturated heterocycles. The monoisotopic (exact) mass is 829 g/mol. The molecule has 6 nitrogen and oxygen atoms in total. The molecule has 0 bridgehead atoms. The highest BCUT2D eigenvalue weighted by molar-refractivity contribution is 6.12. The van der Waals surface area contributed by atoms with Crippen LogP contribution in [0.3, 0.4) is 0 Å². The van der Waals surface area contributed by atoms with Crippen molar-refractivity contribution in [3.05, 3.63) is 210 Å². The van der Waals surface area contributed by atoms with Crippen molar-refractivity contribution < 1.29 is 13.6 Å². The van der Waals surface area contributed by atoms with Gasteiger partial charge >= 0.3 is 0 Å². The minimum absolute atomic E-state index is 0.758. The quantitative estimate of drug-likeness (QED) is 0.159. The van der Waals surface area contributed by atoms with Crippen molar-refractivity contribution in [2.75, 3.05) is 14.7 Å². The lowest BCUT2D eigenvalue weighted by atomic mass is 10.0. The van der Waals surface area contributed by atoms with Gasteiger partial charge in [-0.25, -0.2) is 0 Å². The second kappa shape index (κ2) is 14.7. The van der Waals surface area contributed by atoms with Crippen molar-refractivity contribution in [2.24, 2.45) is 0 Å². The van der Waals surface area contributed by atoms with Gasteiger partial charge in [-0.3, -0.25) is 0 Å². The normalized spacial score (nSPS) is 12.2. The minimum Gasteiger partial charge on any atom is -0.454 e. The highest BCUT2D eigenvalue weighted by atomic mass is 16.5. The average Bonchev–Trinajstić information content (AvgIpc) is 3.90. The summed E-state index contributed by atoms with van der Waals surface area (Å²) in [6, 6.07) is 66.2. The standard InChI is InChI=1S/C58H43N3O3/c1-36-24-28-47(38(3)32-36)60(49-20-12-18-45-43-16-8-10-22-53(43)63-57(45)49)41-26-30-55-51(34-41)59(40-14-6-5-7-15-40)52-35-42(27-31-56(52)62-55)61(48-29-25-37(2)33-39(48)4)50-21-13-19-46-44-17-9-11-23-54(44)64-58(46)50/h5-35H,1-4H3. The van der Waals surface area contributed by atoms with Gasteiger partial charge in [-0.2, -0.15) is 0 Å². The average molecular weight is 830 g/mol. The van der Waals surface area contributed by atoms with E-state index in [1.807, 2.05) is 24.3 Å². The number of aryl methyl sites for hydroxylation is 4. The van der Waals surface area contributed by atoms with Crippen molar-refractivity contribution in [3.8, 4) is 11.5 Å². The summed E-state index contributed by atoms with van der Waals surface area (Å²) in [5, 5.41) is 4.33. The Balaban J connectivity index is 1.07. The Kier molecular flexibility index (Phi) is 8.63. The zero-order chi connectivity index (χ0) is 43.1. The van der Waals surface area contributed by atoms with Crippen LogP contribution in [-0.4, -0.2) is 0 Å². The van der Waals surface area contributed by atoms with E-state index in [1.165, 1.54) is 11.1 Å². The molecule has 0 aliphatic carbocycles. The van der Waals surface area contributed by atoms with Crippen molar-refractivity contribution in [2.45, 2.75) is 27.7 Å². The molecule has 0 radical (unpaired) electrons. The maximum atomic E-state index is 6.90. The van der Waals surface area contributed by atoms with Gasteiger partial charge in [-0.1, -0.05) is 114 Å². The molecule has 0 N–H and O–H groups in total. The molecule has 0 atom stereocenters. The minimum atomic E-state index is 0.758. The van der Waals surface area contributed by atoms with Gasteiger partial charge in [-0.15, -0.1) is 0 Å². The third kappa shape index (κ3) is 6.02. The molecule has 64 heavy (non-hydrogen) atoms. The molecule has 1 aliphatic heterocycles. The van der Waals surface area contributed by atoms with E-state index in [0.29, 0.717) is 0 Å². The number of furan rings is 2. The molecule has 9 aromatic carbocycles. The summed E-state index contributed by atoms with van der Waals surface area (Å²) in [5.74, 6) is 1.52. The van der Waals surface area contributed by atoms with E-state index in [-0.39, 0.29) is 0 Å². The highest BCUT2D eigenvalue weighted by Crippen LogP contribution is 2.55. The maximum absolute atomic E-state index is 6.90. The fourth-order valence-corrected chi connectivity index (χ4v) is 9.66. The van der Waals surface area contributed by atoms with E-state index in [0.717, 1.165) is 118 Å². The van der Waals surface area contributed by atoms with Crippen molar-refractivity contribution >= 4 is 95.1 Å². The van der Waals surface area contributed by atoms with Crippen LogP contribution in [-0.2, 0) is 0 Å². The molecule has 0 saturated carbocycles. The van der Waals surface area contributed by atoms with Crippen LogP contribution in [0.4, 0.5) is 51.2 Å². The zero-order valence-corrected chi connectivity index (χ0v) is 36.0. The number of anilines is 9. The van der Waals surface area contributed by atoms with E-state index < -0.39 is 0 Å². The first-order valence-electron chi connectivity index (χ1n) is 21.7. The molecule has 2 aromatic heterocycles. The van der Waals surface area contributed by atoms with Crippen molar-refractivity contribution in [1.29, 1.82) is 0 Å². The molecule has 0 amide bonds. The van der Waals surface area contributed by atoms with E-state index in [9.17, 15) is 0 Å². The molecule has 6 heteroatoms. The summed E-state index contributed by atoms with van der Waals surface area (Å²) in [7, 11) is 0. The van der Waals surface area contributed by atoms with Gasteiger partial charge in [0.2, 0.25) is 0 Å². The second-order valence-corrected chi connectivity index (χ2v) is 16.8. The van der Waals surface area contributed by atoms with Gasteiger partial charge in [-0.05, 0) is 124 Å². The van der Waals surface area contributed by atoms with Crippen LogP contribution in [0.25, 0.3) is 43.9 Å². The third-order valence-electron chi connectivity index (χ3n) is 12.6. The SMILES string of the molecule is Cc1ccc(N(c2ccc3c(c2)N(c2ccccc2)c2cc(N(c4ccc(C)cc4C)c4cccc5c4oc4ccccc45)ccc2O3)c2cccc3c2oc2ccccc23)c(C)c1. The highest BCUT2D eigenvalue weighted by Gasteiger charge is 2.31. The van der Waals surface area contributed by atoms with Crippen LogP contribution in [0.15, 0.2) is 197 Å². The molecular formula is C58H43N3O3. The molecular weight excluding hydrogens is 787 g/mol. The maximum Gasteiger partial charge on any atom is 0.159 e. The Morgan fingerprint density at radius 2 is 0.828 bits per heavy atom. The molecule has 3 heterocycles. The van der Waals surface area contributed by atoms with Crippen LogP contribution < -0.4 is 19.4 Å². The number of rotatable bonds is 7. The first kappa shape index (κ1) is 37.5. The summed E-state index contributed by atoms with van der Waals surface area (Å²) in [5.41, 5.74) is 16.9. The summed E-state index contributed by atoms with van der Waals surface area (Å²) >= 11 is 0. The fraction of sp³-hybridized carbons (Fsp3) is 0.0690. The molecule has 12 rings (SSSR count). The Morgan fingerprint density at radius 1 is 0.375 bits per heavy atom. The van der Waals surface area contributed by atoms with Gasteiger partial charge in [0.15, 0.2) is 22.7 Å². The van der Waals surface area contributed by atoms with Gasteiger partial charge in [0.1, 0.15) is 11.2 Å². The Morgan fingerprint density at radius 3 is 1.31 bits per heavy atom. The second-order valence-electron chi connectivity index (χ2n) is 16.8. The van der Waals surface area contributed by atoms with Crippen LogP contribution in [0.2, 0.25) is 0 Å². The van der Waals surface area contributed by atoms with Gasteiger partial charge < -0.3 is 28.3 Å². The summed E-state index contributed by atoms with van der Waals surface area (Å²) in [6.07, 6.45) is 0. The lowest BCUT2D eigenvalue weighted by Gasteiger charge is -2.36. The number of fused-ring (bicyclic) bond motifs is 8. The Hall–Kier alpha value is -8.22. The molecule has 0 unspecified atom stereocenters. The van der Waals surface area contributed by atoms with Gasteiger partial charge in [0, 0.05) is 50.0 Å². The zero-order valence-electron chi connectivity index (χ0n) is 36.0. The first-order chi connectivity index (χ1) is 31.4. The lowest BCUT2D eigenvalue weighted by Crippen LogP contribution is -2.19. The van der Waals surface area contributed by atoms with E-state index in [2.05, 4.69) is 206 Å². The van der Waals surface area contributed by atoms with Crippen molar-refractivity contribution in [3.63, 3.8) is 0 Å². The lowest BCUT2D eigenvalue weighted by molar-refractivity contribution is 0.477. The predicted octanol–water partition coefficient (Wildman–Crippen LogP) is 17.2.